The minimum absolute atomic E-state index is 0.102. The Morgan fingerprint density at radius 1 is 1.38 bits per heavy atom. The van der Waals surface area contributed by atoms with Gasteiger partial charge in [-0.25, -0.2) is 9.97 Å². The Balaban J connectivity index is 2.86. The lowest BCUT2D eigenvalue weighted by molar-refractivity contribution is 0.271. The lowest BCUT2D eigenvalue weighted by atomic mass is 10.4. The first-order valence-corrected chi connectivity index (χ1v) is 4.49. The van der Waals surface area contributed by atoms with E-state index in [1.54, 1.807) is 6.20 Å². The van der Waals surface area contributed by atoms with Crippen molar-refractivity contribution in [2.75, 3.05) is 18.0 Å². The van der Waals surface area contributed by atoms with E-state index in [9.17, 15) is 0 Å². The fourth-order valence-electron chi connectivity index (χ4n) is 1.19. The molecule has 0 amide bonds. The maximum atomic E-state index is 8.85. The summed E-state index contributed by atoms with van der Waals surface area (Å²) >= 11 is 0. The van der Waals surface area contributed by atoms with E-state index in [0.717, 1.165) is 18.9 Å². The van der Waals surface area contributed by atoms with E-state index in [0.29, 0.717) is 5.82 Å². The Kier molecular flexibility index (Phi) is 3.64. The number of hydrogen-bond donors (Lipinski definition) is 1. The van der Waals surface area contributed by atoms with E-state index in [1.807, 2.05) is 6.07 Å². The van der Waals surface area contributed by atoms with Crippen LogP contribution in [0.25, 0.3) is 0 Å². The van der Waals surface area contributed by atoms with Crippen LogP contribution in [-0.4, -0.2) is 28.2 Å². The molecule has 0 aliphatic heterocycles. The van der Waals surface area contributed by atoms with Crippen LogP contribution in [0.3, 0.4) is 0 Å². The average Bonchev–Trinajstić information content (AvgIpc) is 2.20. The topological polar surface area (TPSA) is 49.2 Å². The smallest absolute Gasteiger partial charge is 0.156 e. The van der Waals surface area contributed by atoms with E-state index in [-0.39, 0.29) is 6.61 Å². The van der Waals surface area contributed by atoms with Crippen molar-refractivity contribution < 1.29 is 5.11 Å². The average molecular weight is 181 g/mol. The highest BCUT2D eigenvalue weighted by Crippen LogP contribution is 2.08. The van der Waals surface area contributed by atoms with Crippen LogP contribution in [0.15, 0.2) is 12.3 Å². The van der Waals surface area contributed by atoms with Gasteiger partial charge in [-0.05, 0) is 19.9 Å². The van der Waals surface area contributed by atoms with Crippen molar-refractivity contribution in [3.05, 3.63) is 18.1 Å². The first kappa shape index (κ1) is 9.92. The number of aliphatic hydroxyl groups excluding tert-OH is 1. The van der Waals surface area contributed by atoms with Crippen molar-refractivity contribution in [1.29, 1.82) is 0 Å². The highest BCUT2D eigenvalue weighted by atomic mass is 16.3. The first-order valence-electron chi connectivity index (χ1n) is 4.49. The molecule has 1 heterocycles. The fourth-order valence-corrected chi connectivity index (χ4v) is 1.19. The van der Waals surface area contributed by atoms with Crippen LogP contribution in [0.4, 0.5) is 5.82 Å². The number of aromatic nitrogens is 2. The van der Waals surface area contributed by atoms with Crippen LogP contribution >= 0.6 is 0 Å². The van der Waals surface area contributed by atoms with E-state index < -0.39 is 0 Å². The van der Waals surface area contributed by atoms with Gasteiger partial charge in [0.05, 0.1) is 0 Å². The number of rotatable bonds is 4. The molecule has 1 aromatic rings. The Labute approximate surface area is 78.2 Å². The molecule has 0 saturated carbocycles. The van der Waals surface area contributed by atoms with Gasteiger partial charge in [0.2, 0.25) is 0 Å². The predicted molar refractivity (Wildman–Crippen MR) is 51.5 cm³/mol. The Bertz CT molecular complexity index is 261. The summed E-state index contributed by atoms with van der Waals surface area (Å²) in [6.45, 7) is 5.88. The zero-order chi connectivity index (χ0) is 9.68. The van der Waals surface area contributed by atoms with Gasteiger partial charge in [-0.1, -0.05) is 0 Å². The van der Waals surface area contributed by atoms with Gasteiger partial charge in [-0.3, -0.25) is 0 Å². The van der Waals surface area contributed by atoms with Gasteiger partial charge in [0.1, 0.15) is 12.4 Å². The summed E-state index contributed by atoms with van der Waals surface area (Å²) in [5, 5.41) is 8.85. The summed E-state index contributed by atoms with van der Waals surface area (Å²) in [6.07, 6.45) is 1.67. The maximum absolute atomic E-state index is 8.85. The van der Waals surface area contributed by atoms with Crippen molar-refractivity contribution in [1.82, 2.24) is 9.97 Å². The molecule has 0 fully saturated rings. The molecule has 72 valence electrons. The molecule has 4 nitrogen and oxygen atoms in total. The van der Waals surface area contributed by atoms with Crippen LogP contribution in [0, 0.1) is 0 Å². The molecule has 0 saturated heterocycles. The molecular weight excluding hydrogens is 166 g/mol. The molecule has 0 spiro atoms. The molecule has 1 N–H and O–H groups in total. The zero-order valence-corrected chi connectivity index (χ0v) is 8.06. The minimum atomic E-state index is -0.102. The first-order chi connectivity index (χ1) is 6.31. The summed E-state index contributed by atoms with van der Waals surface area (Å²) in [6, 6.07) is 1.85. The third kappa shape index (κ3) is 2.39. The number of nitrogens with zero attached hydrogens (tertiary/aromatic N) is 3. The van der Waals surface area contributed by atoms with Crippen molar-refractivity contribution in [3.63, 3.8) is 0 Å². The summed E-state index contributed by atoms with van der Waals surface area (Å²) in [5.74, 6) is 1.36. The van der Waals surface area contributed by atoms with Gasteiger partial charge in [-0.2, -0.15) is 0 Å². The minimum Gasteiger partial charge on any atom is -0.388 e. The van der Waals surface area contributed by atoms with Crippen LogP contribution < -0.4 is 4.90 Å². The monoisotopic (exact) mass is 181 g/mol. The molecular formula is C9H15N3O. The van der Waals surface area contributed by atoms with Crippen LogP contribution in [0.2, 0.25) is 0 Å². The van der Waals surface area contributed by atoms with E-state index >= 15 is 0 Å². The van der Waals surface area contributed by atoms with Crippen molar-refractivity contribution >= 4 is 5.82 Å². The highest BCUT2D eigenvalue weighted by molar-refractivity contribution is 5.36. The second kappa shape index (κ2) is 4.77. The predicted octanol–water partition coefficient (Wildman–Crippen LogP) is 0.815. The van der Waals surface area contributed by atoms with Gasteiger partial charge in [0.15, 0.2) is 5.82 Å². The number of aliphatic hydroxyl groups is 1. The lowest BCUT2D eigenvalue weighted by Crippen LogP contribution is -2.23. The molecule has 0 atom stereocenters. The molecule has 0 aliphatic carbocycles. The van der Waals surface area contributed by atoms with Crippen molar-refractivity contribution in [3.8, 4) is 0 Å². The highest BCUT2D eigenvalue weighted by Gasteiger charge is 2.03. The van der Waals surface area contributed by atoms with E-state index in [1.165, 1.54) is 0 Å². The largest absolute Gasteiger partial charge is 0.388 e. The van der Waals surface area contributed by atoms with Crippen LogP contribution in [-0.2, 0) is 6.61 Å². The van der Waals surface area contributed by atoms with Crippen molar-refractivity contribution in [2.24, 2.45) is 0 Å². The third-order valence-corrected chi connectivity index (χ3v) is 1.92. The maximum Gasteiger partial charge on any atom is 0.156 e. The molecule has 1 rings (SSSR count). The van der Waals surface area contributed by atoms with Gasteiger partial charge >= 0.3 is 0 Å². The second-order valence-corrected chi connectivity index (χ2v) is 2.66. The molecule has 4 heteroatoms. The van der Waals surface area contributed by atoms with E-state index in [2.05, 4.69) is 28.7 Å². The summed E-state index contributed by atoms with van der Waals surface area (Å²) in [4.78, 5) is 10.2. The SMILES string of the molecule is CCN(CC)c1ccnc(CO)n1. The van der Waals surface area contributed by atoms with E-state index in [4.69, 9.17) is 5.11 Å². The summed E-state index contributed by atoms with van der Waals surface area (Å²) < 4.78 is 0. The van der Waals surface area contributed by atoms with Crippen LogP contribution in [0.5, 0.6) is 0 Å². The standard InChI is InChI=1S/C9H15N3O/c1-3-12(4-2)9-5-6-10-8(7-13)11-9/h5-6,13H,3-4,7H2,1-2H3. The third-order valence-electron chi connectivity index (χ3n) is 1.92. The summed E-state index contributed by atoms with van der Waals surface area (Å²) in [5.41, 5.74) is 0. The number of hydrogen-bond acceptors (Lipinski definition) is 4. The van der Waals surface area contributed by atoms with Crippen molar-refractivity contribution in [2.45, 2.75) is 20.5 Å². The van der Waals surface area contributed by atoms with Gasteiger partial charge < -0.3 is 10.0 Å². The summed E-state index contributed by atoms with van der Waals surface area (Å²) in [7, 11) is 0. The van der Waals surface area contributed by atoms with Crippen LogP contribution in [0.1, 0.15) is 19.7 Å². The molecule has 0 unspecified atom stereocenters. The Hall–Kier alpha value is -1.16. The fraction of sp³-hybridized carbons (Fsp3) is 0.556. The zero-order valence-electron chi connectivity index (χ0n) is 8.06. The Morgan fingerprint density at radius 2 is 2.08 bits per heavy atom. The van der Waals surface area contributed by atoms with Gasteiger partial charge in [0.25, 0.3) is 0 Å². The number of anilines is 1. The second-order valence-electron chi connectivity index (χ2n) is 2.66. The molecule has 0 aromatic carbocycles. The molecule has 0 radical (unpaired) electrons. The molecule has 0 aliphatic rings. The Morgan fingerprint density at radius 3 is 2.62 bits per heavy atom. The molecule has 13 heavy (non-hydrogen) atoms. The normalized spacial score (nSPS) is 10.1. The quantitative estimate of drug-likeness (QED) is 0.747. The van der Waals surface area contributed by atoms with Gasteiger partial charge in [-0.15, -0.1) is 0 Å². The molecule has 1 aromatic heterocycles. The lowest BCUT2D eigenvalue weighted by Gasteiger charge is -2.19. The van der Waals surface area contributed by atoms with Gasteiger partial charge in [0, 0.05) is 19.3 Å². The molecule has 0 bridgehead atoms.